The first-order valence-corrected chi connectivity index (χ1v) is 6.04. The number of halogens is 1. The third-order valence-electron chi connectivity index (χ3n) is 2.91. The van der Waals surface area contributed by atoms with Gasteiger partial charge in [-0.05, 0) is 18.6 Å². The molecule has 2 rings (SSSR count). The van der Waals surface area contributed by atoms with E-state index in [0.29, 0.717) is 5.82 Å². The largest absolute Gasteiger partial charge is 0.464 e. The van der Waals surface area contributed by atoms with Crippen LogP contribution in [0.15, 0.2) is 6.07 Å². The van der Waals surface area contributed by atoms with Crippen LogP contribution in [0.5, 0.6) is 0 Å². The van der Waals surface area contributed by atoms with Gasteiger partial charge in [0.25, 0.3) is 0 Å². The smallest absolute Gasteiger partial charge is 0.356 e. The van der Waals surface area contributed by atoms with Crippen LogP contribution in [-0.2, 0) is 4.74 Å². The Kier molecular flexibility index (Phi) is 3.98. The zero-order valence-corrected chi connectivity index (χ0v) is 11.1. The molecule has 98 valence electrons. The van der Waals surface area contributed by atoms with Crippen LogP contribution >= 0.6 is 11.6 Å². The minimum Gasteiger partial charge on any atom is -0.464 e. The van der Waals surface area contributed by atoms with Gasteiger partial charge in [0.05, 0.1) is 7.11 Å². The minimum absolute atomic E-state index is 0.0619. The van der Waals surface area contributed by atoms with E-state index in [0.717, 1.165) is 26.2 Å². The first-order chi connectivity index (χ1) is 8.60. The van der Waals surface area contributed by atoms with E-state index in [1.807, 2.05) is 0 Å². The van der Waals surface area contributed by atoms with Gasteiger partial charge in [-0.25, -0.2) is 14.8 Å². The molecule has 1 aromatic heterocycles. The molecule has 1 saturated heterocycles. The number of nitrogens with zero attached hydrogens (tertiary/aromatic N) is 4. The Bertz CT molecular complexity index is 447. The van der Waals surface area contributed by atoms with E-state index < -0.39 is 5.97 Å². The van der Waals surface area contributed by atoms with Gasteiger partial charge in [0.1, 0.15) is 5.82 Å². The quantitative estimate of drug-likeness (QED) is 0.582. The fourth-order valence-electron chi connectivity index (χ4n) is 1.81. The lowest BCUT2D eigenvalue weighted by atomic mass is 10.3. The van der Waals surface area contributed by atoms with Crippen molar-refractivity contribution in [2.75, 3.05) is 45.2 Å². The second-order valence-electron chi connectivity index (χ2n) is 4.16. The molecule has 0 aromatic carbocycles. The van der Waals surface area contributed by atoms with Gasteiger partial charge in [-0.1, -0.05) is 0 Å². The van der Waals surface area contributed by atoms with Crippen LogP contribution in [0.3, 0.4) is 0 Å². The normalized spacial score (nSPS) is 16.7. The summed E-state index contributed by atoms with van der Waals surface area (Å²) in [5.41, 5.74) is 0.187. The molecule has 18 heavy (non-hydrogen) atoms. The lowest BCUT2D eigenvalue weighted by molar-refractivity contribution is 0.0594. The van der Waals surface area contributed by atoms with Crippen LogP contribution in [0.2, 0.25) is 5.28 Å². The number of rotatable bonds is 2. The van der Waals surface area contributed by atoms with Crippen molar-refractivity contribution >= 4 is 23.4 Å². The van der Waals surface area contributed by atoms with Crippen molar-refractivity contribution in [3.05, 3.63) is 17.0 Å². The molecule has 7 heteroatoms. The van der Waals surface area contributed by atoms with Crippen LogP contribution in [0, 0.1) is 0 Å². The number of piperazine rings is 1. The summed E-state index contributed by atoms with van der Waals surface area (Å²) in [6, 6.07) is 1.61. The minimum atomic E-state index is -0.505. The zero-order valence-electron chi connectivity index (χ0n) is 10.4. The number of hydrogen-bond donors (Lipinski definition) is 0. The average molecular weight is 271 g/mol. The van der Waals surface area contributed by atoms with Gasteiger partial charge in [0.15, 0.2) is 5.69 Å². The summed E-state index contributed by atoms with van der Waals surface area (Å²) in [5.74, 6) is 0.165. The highest BCUT2D eigenvalue weighted by atomic mass is 35.5. The fourth-order valence-corrected chi connectivity index (χ4v) is 1.99. The number of carbonyl (C=O) groups is 1. The van der Waals surface area contributed by atoms with Gasteiger partial charge >= 0.3 is 5.97 Å². The topological polar surface area (TPSA) is 58.6 Å². The number of likely N-dealkylation sites (N-methyl/N-ethyl adjacent to an activating group) is 1. The van der Waals surface area contributed by atoms with E-state index in [2.05, 4.69) is 31.6 Å². The van der Waals surface area contributed by atoms with Crippen LogP contribution in [0.1, 0.15) is 10.5 Å². The summed E-state index contributed by atoms with van der Waals surface area (Å²) in [4.78, 5) is 23.8. The Hall–Kier alpha value is -1.40. The number of esters is 1. The second-order valence-corrected chi connectivity index (χ2v) is 4.50. The molecule has 0 saturated carbocycles. The van der Waals surface area contributed by atoms with Crippen molar-refractivity contribution in [3.8, 4) is 0 Å². The lowest BCUT2D eigenvalue weighted by Gasteiger charge is -2.33. The van der Waals surface area contributed by atoms with Gasteiger partial charge in [-0.3, -0.25) is 0 Å². The third-order valence-corrected chi connectivity index (χ3v) is 3.08. The Labute approximate surface area is 111 Å². The molecule has 0 spiro atoms. The maximum Gasteiger partial charge on any atom is 0.356 e. The zero-order chi connectivity index (χ0) is 13.1. The van der Waals surface area contributed by atoms with Crippen molar-refractivity contribution in [3.63, 3.8) is 0 Å². The Morgan fingerprint density at radius 1 is 1.33 bits per heavy atom. The summed E-state index contributed by atoms with van der Waals surface area (Å²) in [7, 11) is 3.39. The number of aromatic nitrogens is 2. The SMILES string of the molecule is COC(=O)c1cc(N2CCN(C)CC2)nc(Cl)n1. The van der Waals surface area contributed by atoms with Gasteiger partial charge in [-0.2, -0.15) is 0 Å². The van der Waals surface area contributed by atoms with E-state index in [-0.39, 0.29) is 11.0 Å². The molecule has 0 radical (unpaired) electrons. The van der Waals surface area contributed by atoms with E-state index >= 15 is 0 Å². The number of carbonyl (C=O) groups excluding carboxylic acids is 1. The standard InChI is InChI=1S/C11H15ClN4O2/c1-15-3-5-16(6-4-15)9-7-8(10(17)18-2)13-11(12)14-9/h7H,3-6H2,1-2H3. The molecule has 0 bridgehead atoms. The maximum atomic E-state index is 11.5. The molecule has 1 aromatic rings. The molecule has 0 N–H and O–H groups in total. The summed E-state index contributed by atoms with van der Waals surface area (Å²) in [6.45, 7) is 3.61. The molecule has 0 amide bonds. The monoisotopic (exact) mass is 270 g/mol. The molecule has 1 aliphatic rings. The predicted octanol–water partition coefficient (Wildman–Crippen LogP) is 0.668. The first kappa shape index (κ1) is 13.0. The lowest BCUT2D eigenvalue weighted by Crippen LogP contribution is -2.44. The summed E-state index contributed by atoms with van der Waals surface area (Å²) in [5, 5.41) is 0.0619. The van der Waals surface area contributed by atoms with Gasteiger partial charge in [0, 0.05) is 32.2 Å². The molecular weight excluding hydrogens is 256 g/mol. The molecule has 0 unspecified atom stereocenters. The molecule has 0 atom stereocenters. The number of ether oxygens (including phenoxy) is 1. The van der Waals surface area contributed by atoms with Gasteiger partial charge in [0.2, 0.25) is 5.28 Å². The van der Waals surface area contributed by atoms with Crippen LogP contribution < -0.4 is 4.90 Å². The number of hydrogen-bond acceptors (Lipinski definition) is 6. The second kappa shape index (κ2) is 5.49. The maximum absolute atomic E-state index is 11.5. The fraction of sp³-hybridized carbons (Fsp3) is 0.545. The number of methoxy groups -OCH3 is 1. The third kappa shape index (κ3) is 2.88. The van der Waals surface area contributed by atoms with E-state index in [9.17, 15) is 4.79 Å². The molecule has 2 heterocycles. The van der Waals surface area contributed by atoms with Gasteiger partial charge < -0.3 is 14.5 Å². The Morgan fingerprint density at radius 2 is 2.00 bits per heavy atom. The highest BCUT2D eigenvalue weighted by Gasteiger charge is 2.18. The highest BCUT2D eigenvalue weighted by molar-refractivity contribution is 6.28. The van der Waals surface area contributed by atoms with Crippen LogP contribution in [0.25, 0.3) is 0 Å². The molecule has 6 nitrogen and oxygen atoms in total. The Balaban J connectivity index is 2.22. The summed E-state index contributed by atoms with van der Waals surface area (Å²) >= 11 is 5.83. The highest BCUT2D eigenvalue weighted by Crippen LogP contribution is 2.17. The van der Waals surface area contributed by atoms with Crippen molar-refractivity contribution in [1.29, 1.82) is 0 Å². The molecular formula is C11H15ClN4O2. The van der Waals surface area contributed by atoms with Crippen molar-refractivity contribution in [2.24, 2.45) is 0 Å². The molecule has 0 aliphatic carbocycles. The average Bonchev–Trinajstić information content (AvgIpc) is 2.38. The first-order valence-electron chi connectivity index (χ1n) is 5.66. The summed E-state index contributed by atoms with van der Waals surface area (Å²) < 4.78 is 4.64. The van der Waals surface area contributed by atoms with Crippen molar-refractivity contribution in [2.45, 2.75) is 0 Å². The van der Waals surface area contributed by atoms with E-state index in [4.69, 9.17) is 11.6 Å². The van der Waals surface area contributed by atoms with Crippen molar-refractivity contribution in [1.82, 2.24) is 14.9 Å². The molecule has 1 aliphatic heterocycles. The van der Waals surface area contributed by atoms with E-state index in [1.165, 1.54) is 7.11 Å². The summed E-state index contributed by atoms with van der Waals surface area (Å²) in [6.07, 6.45) is 0. The van der Waals surface area contributed by atoms with Crippen molar-refractivity contribution < 1.29 is 9.53 Å². The van der Waals surface area contributed by atoms with Crippen LogP contribution in [-0.4, -0.2) is 61.2 Å². The number of anilines is 1. The van der Waals surface area contributed by atoms with Gasteiger partial charge in [-0.15, -0.1) is 0 Å². The van der Waals surface area contributed by atoms with E-state index in [1.54, 1.807) is 6.07 Å². The molecule has 1 fully saturated rings. The predicted molar refractivity (Wildman–Crippen MR) is 68.1 cm³/mol. The van der Waals surface area contributed by atoms with Crippen LogP contribution in [0.4, 0.5) is 5.82 Å². The Morgan fingerprint density at radius 3 is 2.61 bits per heavy atom.